The van der Waals surface area contributed by atoms with Crippen molar-refractivity contribution in [2.45, 2.75) is 38.4 Å². The van der Waals surface area contributed by atoms with Gasteiger partial charge in [-0.15, -0.1) is 0 Å². The number of nitrogens with zero attached hydrogens (tertiary/aromatic N) is 2. The lowest BCUT2D eigenvalue weighted by molar-refractivity contribution is -0.126. The van der Waals surface area contributed by atoms with E-state index in [-0.39, 0.29) is 24.6 Å². The van der Waals surface area contributed by atoms with Crippen molar-refractivity contribution in [3.63, 3.8) is 0 Å². The van der Waals surface area contributed by atoms with Gasteiger partial charge in [-0.05, 0) is 31.4 Å². The van der Waals surface area contributed by atoms with Gasteiger partial charge in [0, 0.05) is 38.1 Å². The van der Waals surface area contributed by atoms with Crippen molar-refractivity contribution in [3.8, 4) is 0 Å². The molecule has 1 aliphatic heterocycles. The van der Waals surface area contributed by atoms with E-state index in [1.165, 1.54) is 0 Å². The van der Waals surface area contributed by atoms with Crippen LogP contribution in [0.1, 0.15) is 25.3 Å². The average Bonchev–Trinajstić information content (AvgIpc) is 2.53. The van der Waals surface area contributed by atoms with Gasteiger partial charge in [0.2, 0.25) is 5.91 Å². The molecule has 1 aliphatic rings. The lowest BCUT2D eigenvalue weighted by Crippen LogP contribution is -2.45. The number of carbonyl (C=O) groups is 1. The van der Waals surface area contributed by atoms with E-state index in [4.69, 9.17) is 5.11 Å². The lowest BCUT2D eigenvalue weighted by atomic mass is 10.1. The Kier molecular flexibility index (Phi) is 4.87. The number of hydrogen-bond donors (Lipinski definition) is 2. The second-order valence-electron chi connectivity index (χ2n) is 5.06. The summed E-state index contributed by atoms with van der Waals surface area (Å²) in [5.74, 6) is 0.0166. The van der Waals surface area contributed by atoms with Crippen molar-refractivity contribution >= 4 is 5.91 Å². The highest BCUT2D eigenvalue weighted by Gasteiger charge is 2.29. The van der Waals surface area contributed by atoms with Gasteiger partial charge in [0.15, 0.2) is 0 Å². The fourth-order valence-electron chi connectivity index (χ4n) is 2.44. The highest BCUT2D eigenvalue weighted by Crippen LogP contribution is 2.15. The molecule has 2 unspecified atom stereocenters. The maximum Gasteiger partial charge on any atom is 0.237 e. The fraction of sp³-hybridized carbons (Fsp3) is 0.571. The van der Waals surface area contributed by atoms with Gasteiger partial charge in [-0.1, -0.05) is 6.07 Å². The quantitative estimate of drug-likeness (QED) is 0.832. The molecule has 0 saturated carbocycles. The summed E-state index contributed by atoms with van der Waals surface area (Å²) < 4.78 is 0. The van der Waals surface area contributed by atoms with Gasteiger partial charge in [0.25, 0.3) is 0 Å². The number of hydrogen-bond acceptors (Lipinski definition) is 4. The van der Waals surface area contributed by atoms with Gasteiger partial charge in [-0.2, -0.15) is 0 Å². The van der Waals surface area contributed by atoms with Gasteiger partial charge < -0.3 is 10.4 Å². The molecule has 2 N–H and O–H groups in total. The summed E-state index contributed by atoms with van der Waals surface area (Å²) in [4.78, 5) is 18.4. The second-order valence-corrected chi connectivity index (χ2v) is 5.06. The summed E-state index contributed by atoms with van der Waals surface area (Å²) in [5, 5.41) is 12.1. The van der Waals surface area contributed by atoms with Crippen LogP contribution >= 0.6 is 0 Å². The standard InChI is InChI=1S/C14H21N3O2/c1-11-4-7-17(10-12-3-2-6-15-9-12)13(5-8-18)14(19)16-11/h2-3,6,9,11,13,18H,4-5,7-8,10H2,1H3,(H,16,19). The van der Waals surface area contributed by atoms with Crippen LogP contribution in [-0.2, 0) is 11.3 Å². The van der Waals surface area contributed by atoms with E-state index in [0.29, 0.717) is 13.0 Å². The Labute approximate surface area is 113 Å². The summed E-state index contributed by atoms with van der Waals surface area (Å²) in [6, 6.07) is 3.84. The third-order valence-corrected chi connectivity index (χ3v) is 3.49. The van der Waals surface area contributed by atoms with Gasteiger partial charge in [-0.3, -0.25) is 14.7 Å². The van der Waals surface area contributed by atoms with Gasteiger partial charge in [0.05, 0.1) is 6.04 Å². The number of carbonyl (C=O) groups excluding carboxylic acids is 1. The molecule has 0 bridgehead atoms. The molecule has 2 heterocycles. The largest absolute Gasteiger partial charge is 0.396 e. The van der Waals surface area contributed by atoms with E-state index in [1.54, 1.807) is 6.20 Å². The third-order valence-electron chi connectivity index (χ3n) is 3.49. The molecule has 1 fully saturated rings. The molecule has 2 rings (SSSR count). The maximum atomic E-state index is 12.1. The Morgan fingerprint density at radius 3 is 3.11 bits per heavy atom. The molecular weight excluding hydrogens is 242 g/mol. The zero-order chi connectivity index (χ0) is 13.7. The van der Waals surface area contributed by atoms with Crippen LogP contribution in [0.25, 0.3) is 0 Å². The topological polar surface area (TPSA) is 65.5 Å². The Morgan fingerprint density at radius 2 is 2.42 bits per heavy atom. The number of aliphatic hydroxyl groups excluding tert-OH is 1. The minimum atomic E-state index is -0.254. The van der Waals surface area contributed by atoms with Crippen molar-refractivity contribution < 1.29 is 9.90 Å². The van der Waals surface area contributed by atoms with E-state index in [1.807, 2.05) is 25.3 Å². The second kappa shape index (κ2) is 6.63. The molecular formula is C14H21N3O2. The average molecular weight is 263 g/mol. The van der Waals surface area contributed by atoms with Gasteiger partial charge in [0.1, 0.15) is 0 Å². The third kappa shape index (κ3) is 3.75. The Balaban J connectivity index is 2.12. The summed E-state index contributed by atoms with van der Waals surface area (Å²) >= 11 is 0. The van der Waals surface area contributed by atoms with Crippen LogP contribution in [0.3, 0.4) is 0 Å². The van der Waals surface area contributed by atoms with E-state index in [2.05, 4.69) is 15.2 Å². The van der Waals surface area contributed by atoms with E-state index in [9.17, 15) is 4.79 Å². The van der Waals surface area contributed by atoms with E-state index >= 15 is 0 Å². The highest BCUT2D eigenvalue weighted by atomic mass is 16.3. The summed E-state index contributed by atoms with van der Waals surface area (Å²) in [7, 11) is 0. The summed E-state index contributed by atoms with van der Waals surface area (Å²) in [6.45, 7) is 3.58. The molecule has 0 aromatic carbocycles. The molecule has 19 heavy (non-hydrogen) atoms. The molecule has 1 amide bonds. The van der Waals surface area contributed by atoms with Gasteiger partial charge in [-0.25, -0.2) is 0 Å². The number of aliphatic hydroxyl groups is 1. The van der Waals surface area contributed by atoms with Crippen molar-refractivity contribution in [1.29, 1.82) is 0 Å². The van der Waals surface area contributed by atoms with Crippen LogP contribution in [0.5, 0.6) is 0 Å². The van der Waals surface area contributed by atoms with Crippen LogP contribution < -0.4 is 5.32 Å². The zero-order valence-corrected chi connectivity index (χ0v) is 11.2. The first kappa shape index (κ1) is 14.0. The first-order valence-electron chi connectivity index (χ1n) is 6.75. The molecule has 0 spiro atoms. The molecule has 5 heteroatoms. The minimum absolute atomic E-state index is 0.0166. The molecule has 0 aliphatic carbocycles. The fourth-order valence-corrected chi connectivity index (χ4v) is 2.44. The summed E-state index contributed by atoms with van der Waals surface area (Å²) in [5.41, 5.74) is 1.09. The number of nitrogens with one attached hydrogen (secondary N) is 1. The Hall–Kier alpha value is -1.46. The van der Waals surface area contributed by atoms with Crippen molar-refractivity contribution in [2.24, 2.45) is 0 Å². The smallest absolute Gasteiger partial charge is 0.237 e. The zero-order valence-electron chi connectivity index (χ0n) is 11.2. The molecule has 104 valence electrons. The Morgan fingerprint density at radius 1 is 1.58 bits per heavy atom. The van der Waals surface area contributed by atoms with Gasteiger partial charge >= 0.3 is 0 Å². The minimum Gasteiger partial charge on any atom is -0.396 e. The normalized spacial score (nSPS) is 24.8. The highest BCUT2D eigenvalue weighted by molar-refractivity contribution is 5.82. The SMILES string of the molecule is CC1CCN(Cc2cccnc2)C(CCO)C(=O)N1. The molecule has 1 aromatic heterocycles. The van der Waals surface area contributed by atoms with Crippen LogP contribution in [0.2, 0.25) is 0 Å². The maximum absolute atomic E-state index is 12.1. The van der Waals surface area contributed by atoms with E-state index in [0.717, 1.165) is 18.5 Å². The first-order chi connectivity index (χ1) is 9.20. The number of aromatic nitrogens is 1. The van der Waals surface area contributed by atoms with Crippen LogP contribution in [0, 0.1) is 0 Å². The van der Waals surface area contributed by atoms with Crippen LogP contribution in [0.15, 0.2) is 24.5 Å². The molecule has 0 radical (unpaired) electrons. The first-order valence-corrected chi connectivity index (χ1v) is 6.75. The lowest BCUT2D eigenvalue weighted by Gasteiger charge is -2.27. The van der Waals surface area contributed by atoms with E-state index < -0.39 is 0 Å². The number of pyridine rings is 1. The molecule has 5 nitrogen and oxygen atoms in total. The summed E-state index contributed by atoms with van der Waals surface area (Å²) in [6.07, 6.45) is 4.96. The number of amides is 1. The predicted molar refractivity (Wildman–Crippen MR) is 72.4 cm³/mol. The molecule has 2 atom stereocenters. The molecule has 1 aromatic rings. The van der Waals surface area contributed by atoms with Crippen molar-refractivity contribution in [3.05, 3.63) is 30.1 Å². The van der Waals surface area contributed by atoms with Crippen LogP contribution in [-0.4, -0.2) is 46.1 Å². The predicted octanol–water partition coefficient (Wildman–Crippen LogP) is 0.543. The van der Waals surface area contributed by atoms with Crippen molar-refractivity contribution in [1.82, 2.24) is 15.2 Å². The monoisotopic (exact) mass is 263 g/mol. The molecule has 1 saturated heterocycles. The Bertz CT molecular complexity index is 410. The number of rotatable bonds is 4. The van der Waals surface area contributed by atoms with Crippen LogP contribution in [0.4, 0.5) is 0 Å². The van der Waals surface area contributed by atoms with Crippen molar-refractivity contribution in [2.75, 3.05) is 13.2 Å².